The number of aromatic nitrogens is 3. The minimum atomic E-state index is -0.208. The molecule has 2 rings (SSSR count). The lowest BCUT2D eigenvalue weighted by Crippen LogP contribution is -2.23. The molecule has 2 aromatic rings. The number of rotatable bonds is 4. The van der Waals surface area contributed by atoms with Gasteiger partial charge in [-0.3, -0.25) is 9.78 Å². The molecule has 0 aliphatic heterocycles. The number of carbonyl (C=O) groups is 1. The molecule has 20 heavy (non-hydrogen) atoms. The van der Waals surface area contributed by atoms with Crippen LogP contribution in [0.15, 0.2) is 24.5 Å². The quantitative estimate of drug-likeness (QED) is 0.851. The molecule has 0 spiro atoms. The predicted molar refractivity (Wildman–Crippen MR) is 74.5 cm³/mol. The van der Waals surface area contributed by atoms with Crippen molar-refractivity contribution in [3.05, 3.63) is 35.1 Å². The molecule has 0 atom stereocenters. The molecule has 0 aliphatic rings. The van der Waals surface area contributed by atoms with Gasteiger partial charge in [-0.05, 0) is 30.6 Å². The largest absolute Gasteiger partial charge is 0.479 e. The van der Waals surface area contributed by atoms with Crippen LogP contribution < -0.4 is 10.1 Å². The average Bonchev–Trinajstić information content (AvgIpc) is 2.90. The third-order valence-corrected chi connectivity index (χ3v) is 3.09. The van der Waals surface area contributed by atoms with Gasteiger partial charge in [0.05, 0.1) is 18.4 Å². The fourth-order valence-corrected chi connectivity index (χ4v) is 1.88. The van der Waals surface area contributed by atoms with Crippen LogP contribution in [-0.2, 0) is 0 Å². The number of aryl methyl sites for hydroxylation is 1. The van der Waals surface area contributed by atoms with E-state index in [1.54, 1.807) is 31.5 Å². The Bertz CT molecular complexity index is 631. The van der Waals surface area contributed by atoms with Gasteiger partial charge in [0, 0.05) is 6.20 Å². The molecular weight excluding hydrogens is 276 g/mol. The maximum absolute atomic E-state index is 11.7. The van der Waals surface area contributed by atoms with E-state index in [9.17, 15) is 4.79 Å². The van der Waals surface area contributed by atoms with Crippen LogP contribution in [0.4, 0.5) is 0 Å². The minimum Gasteiger partial charge on any atom is -0.479 e. The number of carbonyl (C=O) groups excluding carboxylic acids is 1. The van der Waals surface area contributed by atoms with Crippen LogP contribution in [0.1, 0.15) is 15.4 Å². The van der Waals surface area contributed by atoms with Gasteiger partial charge in [-0.15, -0.1) is 5.10 Å². The fraction of sp³-hybridized carbons (Fsp3) is 0.231. The zero-order valence-electron chi connectivity index (χ0n) is 10.8. The number of nitrogens with zero attached hydrogens (tertiary/aromatic N) is 3. The monoisotopic (exact) mass is 288 g/mol. The Labute approximate surface area is 120 Å². The first-order chi connectivity index (χ1) is 9.77. The van der Waals surface area contributed by atoms with Crippen molar-refractivity contribution in [2.75, 3.05) is 13.2 Å². The lowest BCUT2D eigenvalue weighted by atomic mass is 10.4. The van der Waals surface area contributed by atoms with Gasteiger partial charge in [-0.25, -0.2) is 0 Å². The molecule has 2 heterocycles. The summed E-state index contributed by atoms with van der Waals surface area (Å²) in [5.41, 5.74) is 0.625. The third-order valence-electron chi connectivity index (χ3n) is 2.27. The van der Waals surface area contributed by atoms with Crippen molar-refractivity contribution in [2.24, 2.45) is 0 Å². The summed E-state index contributed by atoms with van der Waals surface area (Å²) in [7, 11) is 0. The van der Waals surface area contributed by atoms with Crippen molar-refractivity contribution >= 4 is 17.4 Å². The molecule has 0 aliphatic carbocycles. The topological polar surface area (TPSA) is 77.0 Å². The number of nitrogens with one attached hydrogen (secondary N) is 1. The fourth-order valence-electron chi connectivity index (χ4n) is 1.31. The summed E-state index contributed by atoms with van der Waals surface area (Å²) < 4.78 is 9.04. The summed E-state index contributed by atoms with van der Waals surface area (Å²) >= 11 is 1.07. The zero-order chi connectivity index (χ0) is 14.2. The number of hydrogen-bond donors (Lipinski definition) is 1. The zero-order valence-corrected chi connectivity index (χ0v) is 11.6. The van der Waals surface area contributed by atoms with Crippen molar-refractivity contribution in [1.82, 2.24) is 19.9 Å². The van der Waals surface area contributed by atoms with E-state index in [-0.39, 0.29) is 19.1 Å². The standard InChI is InChI=1S/C13H12N4O2S/c1-10-12(20-17-16-10)13(18)15-7-2-3-8-19-11-5-4-6-14-9-11/h4-6,9H,7-8H2,1H3,(H,15,18). The molecule has 7 heteroatoms. The maximum atomic E-state index is 11.7. The van der Waals surface area contributed by atoms with Crippen molar-refractivity contribution in [1.29, 1.82) is 0 Å². The molecule has 0 unspecified atom stereocenters. The van der Waals surface area contributed by atoms with E-state index in [1.807, 2.05) is 0 Å². The van der Waals surface area contributed by atoms with E-state index in [4.69, 9.17) is 4.74 Å². The molecule has 0 saturated carbocycles. The summed E-state index contributed by atoms with van der Waals surface area (Å²) in [6.45, 7) is 2.25. The highest BCUT2D eigenvalue weighted by atomic mass is 32.1. The van der Waals surface area contributed by atoms with Gasteiger partial charge in [0.1, 0.15) is 17.2 Å². The summed E-state index contributed by atoms with van der Waals surface area (Å²) in [5, 5.41) is 6.45. The molecule has 1 N–H and O–H groups in total. The van der Waals surface area contributed by atoms with Gasteiger partial charge in [-0.1, -0.05) is 16.3 Å². The lowest BCUT2D eigenvalue weighted by molar-refractivity contribution is 0.0962. The van der Waals surface area contributed by atoms with Crippen LogP contribution in [0, 0.1) is 18.8 Å². The first-order valence-corrected chi connectivity index (χ1v) is 6.60. The second kappa shape index (κ2) is 7.21. The first kappa shape index (κ1) is 14.0. The second-order valence-electron chi connectivity index (χ2n) is 3.70. The Morgan fingerprint density at radius 2 is 2.40 bits per heavy atom. The van der Waals surface area contributed by atoms with E-state index in [1.165, 1.54) is 0 Å². The number of amides is 1. The Hall–Kier alpha value is -2.46. The van der Waals surface area contributed by atoms with Crippen LogP contribution in [0.3, 0.4) is 0 Å². The normalized spacial score (nSPS) is 9.45. The summed E-state index contributed by atoms with van der Waals surface area (Å²) in [4.78, 5) is 16.1. The van der Waals surface area contributed by atoms with Gasteiger partial charge in [-0.2, -0.15) is 0 Å². The van der Waals surface area contributed by atoms with Crippen molar-refractivity contribution in [2.45, 2.75) is 6.92 Å². The molecule has 102 valence electrons. The maximum Gasteiger partial charge on any atom is 0.265 e. The summed E-state index contributed by atoms with van der Waals surface area (Å²) in [5.74, 6) is 6.07. The van der Waals surface area contributed by atoms with Crippen LogP contribution in [-0.4, -0.2) is 33.6 Å². The van der Waals surface area contributed by atoms with E-state index >= 15 is 0 Å². The van der Waals surface area contributed by atoms with E-state index in [2.05, 4.69) is 31.7 Å². The van der Waals surface area contributed by atoms with E-state index < -0.39 is 0 Å². The van der Waals surface area contributed by atoms with E-state index in [0.29, 0.717) is 16.3 Å². The van der Waals surface area contributed by atoms with E-state index in [0.717, 1.165) is 11.5 Å². The third kappa shape index (κ3) is 4.03. The Morgan fingerprint density at radius 3 is 3.10 bits per heavy atom. The number of ether oxygens (including phenoxy) is 1. The lowest BCUT2D eigenvalue weighted by Gasteiger charge is -1.99. The predicted octanol–water partition coefficient (Wildman–Crippen LogP) is 1.05. The molecule has 1 amide bonds. The number of pyridine rings is 1. The molecule has 2 aromatic heterocycles. The molecular formula is C13H12N4O2S. The Morgan fingerprint density at radius 1 is 1.50 bits per heavy atom. The SMILES string of the molecule is Cc1nnsc1C(=O)NCC#CCOc1cccnc1. The van der Waals surface area contributed by atoms with Crippen molar-refractivity contribution < 1.29 is 9.53 Å². The summed E-state index contributed by atoms with van der Waals surface area (Å²) in [6.07, 6.45) is 3.29. The van der Waals surface area contributed by atoms with Crippen molar-refractivity contribution in [3.8, 4) is 17.6 Å². The molecule has 0 aromatic carbocycles. The first-order valence-electron chi connectivity index (χ1n) is 5.83. The average molecular weight is 288 g/mol. The number of hydrogen-bond acceptors (Lipinski definition) is 6. The van der Waals surface area contributed by atoms with Crippen LogP contribution in [0.2, 0.25) is 0 Å². The van der Waals surface area contributed by atoms with Crippen LogP contribution in [0.25, 0.3) is 0 Å². The highest BCUT2D eigenvalue weighted by molar-refractivity contribution is 7.07. The van der Waals surface area contributed by atoms with Gasteiger partial charge in [0.2, 0.25) is 0 Å². The summed E-state index contributed by atoms with van der Waals surface area (Å²) in [6, 6.07) is 3.59. The molecule has 0 fully saturated rings. The highest BCUT2D eigenvalue weighted by Gasteiger charge is 2.11. The van der Waals surface area contributed by atoms with Gasteiger partial charge in [0.25, 0.3) is 5.91 Å². The van der Waals surface area contributed by atoms with Crippen molar-refractivity contribution in [3.63, 3.8) is 0 Å². The van der Waals surface area contributed by atoms with Crippen LogP contribution in [0.5, 0.6) is 5.75 Å². The molecule has 6 nitrogen and oxygen atoms in total. The molecule has 0 radical (unpaired) electrons. The van der Waals surface area contributed by atoms with Gasteiger partial charge in [0.15, 0.2) is 0 Å². The Balaban J connectivity index is 1.70. The highest BCUT2D eigenvalue weighted by Crippen LogP contribution is 2.07. The second-order valence-corrected chi connectivity index (χ2v) is 4.46. The smallest absolute Gasteiger partial charge is 0.265 e. The minimum absolute atomic E-state index is 0.208. The molecule has 0 bridgehead atoms. The molecule has 0 saturated heterocycles. The van der Waals surface area contributed by atoms with Gasteiger partial charge < -0.3 is 10.1 Å². The Kier molecular flexibility index (Phi) is 5.03. The van der Waals surface area contributed by atoms with Gasteiger partial charge >= 0.3 is 0 Å². The van der Waals surface area contributed by atoms with Crippen LogP contribution >= 0.6 is 11.5 Å².